The molecule has 164 valence electrons. The van der Waals surface area contributed by atoms with Crippen molar-refractivity contribution in [3.63, 3.8) is 0 Å². The number of aryl methyl sites for hydroxylation is 1. The Morgan fingerprint density at radius 2 is 1.65 bits per heavy atom. The molecule has 3 aromatic rings. The van der Waals surface area contributed by atoms with Gasteiger partial charge in [-0.15, -0.1) is 0 Å². The van der Waals surface area contributed by atoms with Crippen molar-refractivity contribution in [3.8, 4) is 0 Å². The van der Waals surface area contributed by atoms with Crippen LogP contribution in [0.4, 0.5) is 29.2 Å². The summed E-state index contributed by atoms with van der Waals surface area (Å²) >= 11 is 0. The van der Waals surface area contributed by atoms with Crippen LogP contribution in [0.3, 0.4) is 0 Å². The number of aliphatic hydroxyl groups is 1. The highest BCUT2D eigenvalue weighted by Crippen LogP contribution is 2.24. The van der Waals surface area contributed by atoms with Gasteiger partial charge in [0.1, 0.15) is 0 Å². The molecule has 3 N–H and O–H groups in total. The minimum Gasteiger partial charge on any atom is -0.395 e. The van der Waals surface area contributed by atoms with Crippen LogP contribution in [0.1, 0.15) is 5.56 Å². The monoisotopic (exact) mass is 444 g/mol. The summed E-state index contributed by atoms with van der Waals surface area (Å²) in [6, 6.07) is 14.2. The van der Waals surface area contributed by atoms with Crippen molar-refractivity contribution in [2.24, 2.45) is 0 Å². The zero-order chi connectivity index (χ0) is 22.4. The second-order valence-corrected chi connectivity index (χ2v) is 8.33. The van der Waals surface area contributed by atoms with Crippen molar-refractivity contribution >= 4 is 39.3 Å². The van der Waals surface area contributed by atoms with Gasteiger partial charge < -0.3 is 20.6 Å². The number of nitrogens with one attached hydrogen (secondary N) is 2. The highest BCUT2D eigenvalue weighted by atomic mass is 32.2. The third-order valence-corrected chi connectivity index (χ3v) is 5.78. The Kier molecular flexibility index (Phi) is 7.00. The Hall–Kier alpha value is -3.28. The van der Waals surface area contributed by atoms with Gasteiger partial charge in [-0.3, -0.25) is 4.18 Å². The first kappa shape index (κ1) is 22.4. The zero-order valence-electron chi connectivity index (χ0n) is 17.4. The number of nitrogens with zero attached hydrogens (tertiary/aromatic N) is 4. The van der Waals surface area contributed by atoms with Crippen molar-refractivity contribution in [1.29, 1.82) is 0 Å². The third kappa shape index (κ3) is 5.66. The lowest BCUT2D eigenvalue weighted by Crippen LogP contribution is -2.24. The van der Waals surface area contributed by atoms with Crippen molar-refractivity contribution in [2.45, 2.75) is 11.8 Å². The number of aromatic nitrogens is 3. The van der Waals surface area contributed by atoms with E-state index in [4.69, 9.17) is 0 Å². The molecule has 2 aromatic carbocycles. The highest BCUT2D eigenvalue weighted by molar-refractivity contribution is 7.86. The molecule has 0 atom stereocenters. The summed E-state index contributed by atoms with van der Waals surface area (Å²) in [4.78, 5) is 14.9. The lowest BCUT2D eigenvalue weighted by atomic mass is 10.2. The summed E-state index contributed by atoms with van der Waals surface area (Å²) in [5, 5.41) is 15.4. The Morgan fingerprint density at radius 3 is 2.26 bits per heavy atom. The fourth-order valence-corrected chi connectivity index (χ4v) is 3.63. The number of aliphatic hydroxyl groups excluding tert-OH is 1. The molecule has 1 heterocycles. The minimum atomic E-state index is -3.86. The number of benzene rings is 2. The molecule has 11 heteroatoms. The molecule has 0 unspecified atom stereocenters. The molecule has 0 bridgehead atoms. The highest BCUT2D eigenvalue weighted by Gasteiger charge is 2.17. The molecule has 0 aliphatic carbocycles. The standard InChI is InChI=1S/C20H24N6O4S/c1-14-9-10-16(13-17(14)31(28,29)30-3)22-19-23-18(21-15-7-5-4-6-8-15)24-20(25-19)26(2)11-12-27/h4-10,13,27H,11-12H2,1-3H3,(H2,21,22,23,24,25). The SMILES string of the molecule is COS(=O)(=O)c1cc(Nc2nc(Nc3ccccc3)nc(N(C)CCO)n2)ccc1C. The molecule has 0 saturated heterocycles. The predicted molar refractivity (Wildman–Crippen MR) is 119 cm³/mol. The maximum Gasteiger partial charge on any atom is 0.297 e. The van der Waals surface area contributed by atoms with Crippen molar-refractivity contribution in [2.75, 3.05) is 42.8 Å². The molecular formula is C20H24N6O4S. The first-order valence-corrected chi connectivity index (χ1v) is 10.8. The van der Waals surface area contributed by atoms with Crippen LogP contribution in [-0.2, 0) is 14.3 Å². The molecule has 0 saturated carbocycles. The maximum absolute atomic E-state index is 12.2. The quantitative estimate of drug-likeness (QED) is 0.423. The van der Waals surface area contributed by atoms with Gasteiger partial charge in [0.25, 0.3) is 10.1 Å². The molecule has 0 spiro atoms. The molecular weight excluding hydrogens is 420 g/mol. The summed E-state index contributed by atoms with van der Waals surface area (Å²) in [6.07, 6.45) is 0. The fourth-order valence-electron chi connectivity index (χ4n) is 2.71. The average Bonchev–Trinajstić information content (AvgIpc) is 2.75. The van der Waals surface area contributed by atoms with E-state index < -0.39 is 10.1 Å². The van der Waals surface area contributed by atoms with Crippen LogP contribution in [0, 0.1) is 6.92 Å². The van der Waals surface area contributed by atoms with Crippen LogP contribution in [0.25, 0.3) is 0 Å². The molecule has 31 heavy (non-hydrogen) atoms. The van der Waals surface area contributed by atoms with E-state index in [0.29, 0.717) is 29.7 Å². The Labute approximate surface area is 181 Å². The topological polar surface area (TPSA) is 130 Å². The van der Waals surface area contributed by atoms with Crippen molar-refractivity contribution < 1.29 is 17.7 Å². The Morgan fingerprint density at radius 1 is 1.00 bits per heavy atom. The van der Waals surface area contributed by atoms with Crippen LogP contribution >= 0.6 is 0 Å². The van der Waals surface area contributed by atoms with E-state index in [1.165, 1.54) is 6.07 Å². The van der Waals surface area contributed by atoms with Gasteiger partial charge in [-0.25, -0.2) is 0 Å². The number of anilines is 5. The smallest absolute Gasteiger partial charge is 0.297 e. The second kappa shape index (κ2) is 9.69. The number of para-hydroxylation sites is 1. The van der Waals surface area contributed by atoms with E-state index in [-0.39, 0.29) is 17.5 Å². The molecule has 1 aromatic heterocycles. The van der Waals surface area contributed by atoms with E-state index in [2.05, 4.69) is 29.8 Å². The average molecular weight is 445 g/mol. The number of likely N-dealkylation sites (N-methyl/N-ethyl adjacent to an activating group) is 1. The first-order valence-electron chi connectivity index (χ1n) is 9.41. The fraction of sp³-hybridized carbons (Fsp3) is 0.250. The van der Waals surface area contributed by atoms with E-state index in [1.54, 1.807) is 31.0 Å². The van der Waals surface area contributed by atoms with Crippen LogP contribution in [0.15, 0.2) is 53.4 Å². The summed E-state index contributed by atoms with van der Waals surface area (Å²) < 4.78 is 29.0. The molecule has 0 radical (unpaired) electrons. The third-order valence-electron chi connectivity index (χ3n) is 4.36. The Balaban J connectivity index is 1.97. The van der Waals surface area contributed by atoms with Gasteiger partial charge in [-0.05, 0) is 36.8 Å². The van der Waals surface area contributed by atoms with Crippen molar-refractivity contribution in [3.05, 3.63) is 54.1 Å². The summed E-state index contributed by atoms with van der Waals surface area (Å²) in [5.74, 6) is 0.833. The lowest BCUT2D eigenvalue weighted by molar-refractivity contribution is 0.303. The van der Waals surface area contributed by atoms with Crippen molar-refractivity contribution in [1.82, 2.24) is 15.0 Å². The van der Waals surface area contributed by atoms with Crippen LogP contribution in [-0.4, -0.2) is 55.8 Å². The molecule has 0 aliphatic rings. The van der Waals surface area contributed by atoms with Gasteiger partial charge in [0.2, 0.25) is 17.8 Å². The van der Waals surface area contributed by atoms with Crippen LogP contribution in [0.2, 0.25) is 0 Å². The summed E-state index contributed by atoms with van der Waals surface area (Å²) in [7, 11) is -0.999. The summed E-state index contributed by atoms with van der Waals surface area (Å²) in [5.41, 5.74) is 1.81. The van der Waals surface area contributed by atoms with Crippen LogP contribution in [0.5, 0.6) is 0 Å². The zero-order valence-corrected chi connectivity index (χ0v) is 18.2. The second-order valence-electron chi connectivity index (χ2n) is 6.64. The predicted octanol–water partition coefficient (Wildman–Crippen LogP) is 2.43. The first-order chi connectivity index (χ1) is 14.8. The van der Waals surface area contributed by atoms with Gasteiger partial charge in [0.05, 0.1) is 18.6 Å². The van der Waals surface area contributed by atoms with Gasteiger partial charge >= 0.3 is 0 Å². The molecule has 0 fully saturated rings. The van der Waals surface area contributed by atoms with Gasteiger partial charge in [0.15, 0.2) is 0 Å². The lowest BCUT2D eigenvalue weighted by Gasteiger charge is -2.18. The number of rotatable bonds is 9. The minimum absolute atomic E-state index is 0.0503. The molecule has 0 aliphatic heterocycles. The molecule has 10 nitrogen and oxygen atoms in total. The number of hydrogen-bond acceptors (Lipinski definition) is 10. The normalized spacial score (nSPS) is 11.2. The summed E-state index contributed by atoms with van der Waals surface area (Å²) in [6.45, 7) is 1.94. The molecule has 0 amide bonds. The van der Waals surface area contributed by atoms with Crippen LogP contribution < -0.4 is 15.5 Å². The largest absolute Gasteiger partial charge is 0.395 e. The molecule has 3 rings (SSSR count). The number of hydrogen-bond donors (Lipinski definition) is 3. The van der Waals surface area contributed by atoms with E-state index >= 15 is 0 Å². The van der Waals surface area contributed by atoms with Gasteiger partial charge in [-0.1, -0.05) is 24.3 Å². The maximum atomic E-state index is 12.2. The van der Waals surface area contributed by atoms with Gasteiger partial charge in [-0.2, -0.15) is 23.4 Å². The Bertz CT molecular complexity index is 1140. The van der Waals surface area contributed by atoms with Gasteiger partial charge in [0, 0.05) is 25.0 Å². The van der Waals surface area contributed by atoms with E-state index in [0.717, 1.165) is 12.8 Å². The van der Waals surface area contributed by atoms with E-state index in [1.807, 2.05) is 30.3 Å². The van der Waals surface area contributed by atoms with E-state index in [9.17, 15) is 13.5 Å².